The molecule has 0 saturated carbocycles. The molecule has 0 aromatic heterocycles. The van der Waals surface area contributed by atoms with Crippen LogP contribution >= 0.6 is 31.9 Å². The van der Waals surface area contributed by atoms with Gasteiger partial charge in [-0.15, -0.1) is 0 Å². The molecule has 1 saturated heterocycles. The van der Waals surface area contributed by atoms with E-state index >= 15 is 0 Å². The molecule has 0 aliphatic carbocycles. The SMILES string of the molecule is CN(CC(C)(C)COCC(C)(C)NC(=O)CCC(C(=O)O)N1CCN(CC(=O)O)CCN(CC(=O)O)CCN(CC(=O)O)CC1)C(=O)/C(Br)=C(/Br)C=O. The third-order valence-electron chi connectivity index (χ3n) is 8.27. The van der Waals surface area contributed by atoms with E-state index in [9.17, 15) is 54.0 Å². The highest BCUT2D eigenvalue weighted by Gasteiger charge is 2.31. The van der Waals surface area contributed by atoms with Gasteiger partial charge < -0.3 is 35.4 Å². The molecular weight excluding hydrogens is 832 g/mol. The summed E-state index contributed by atoms with van der Waals surface area (Å²) in [5, 5.41) is 41.4. The summed E-state index contributed by atoms with van der Waals surface area (Å²) in [6, 6.07) is -1.15. The number of hydrogen-bond acceptors (Lipinski definition) is 12. The molecule has 53 heavy (non-hydrogen) atoms. The Morgan fingerprint density at radius 2 is 1.21 bits per heavy atom. The first-order valence-electron chi connectivity index (χ1n) is 17.0. The van der Waals surface area contributed by atoms with Crippen molar-refractivity contribution in [2.24, 2.45) is 5.41 Å². The zero-order valence-electron chi connectivity index (χ0n) is 31.0. The van der Waals surface area contributed by atoms with Crippen LogP contribution in [-0.2, 0) is 38.3 Å². The maximum atomic E-state index is 13.1. The zero-order chi connectivity index (χ0) is 40.5. The van der Waals surface area contributed by atoms with Crippen LogP contribution < -0.4 is 5.32 Å². The number of amides is 2. The zero-order valence-corrected chi connectivity index (χ0v) is 34.2. The summed E-state index contributed by atoms with van der Waals surface area (Å²) in [7, 11) is 1.60. The van der Waals surface area contributed by atoms with Crippen LogP contribution in [0.2, 0.25) is 0 Å². The average molecular weight is 887 g/mol. The second kappa shape index (κ2) is 23.0. The Morgan fingerprint density at radius 1 is 0.774 bits per heavy atom. The highest BCUT2D eigenvalue weighted by molar-refractivity contribution is 9.14. The first kappa shape index (κ1) is 48.0. The lowest BCUT2D eigenvalue weighted by Crippen LogP contribution is -2.52. The Labute approximate surface area is 326 Å². The highest BCUT2D eigenvalue weighted by Crippen LogP contribution is 2.23. The van der Waals surface area contributed by atoms with Gasteiger partial charge in [0.2, 0.25) is 5.91 Å². The van der Waals surface area contributed by atoms with E-state index in [0.29, 0.717) is 12.8 Å². The van der Waals surface area contributed by atoms with Crippen molar-refractivity contribution in [1.82, 2.24) is 29.8 Å². The van der Waals surface area contributed by atoms with Crippen LogP contribution in [0.3, 0.4) is 0 Å². The van der Waals surface area contributed by atoms with Crippen molar-refractivity contribution >= 4 is 73.8 Å². The van der Waals surface area contributed by atoms with Crippen LogP contribution in [0.1, 0.15) is 40.5 Å². The van der Waals surface area contributed by atoms with Crippen LogP contribution in [0.15, 0.2) is 8.96 Å². The lowest BCUT2D eigenvalue weighted by atomic mass is 9.94. The predicted molar refractivity (Wildman–Crippen MR) is 200 cm³/mol. The van der Waals surface area contributed by atoms with E-state index in [1.54, 1.807) is 40.5 Å². The second-order valence-corrected chi connectivity index (χ2v) is 16.1. The fourth-order valence-electron chi connectivity index (χ4n) is 5.78. The fourth-order valence-corrected chi connectivity index (χ4v) is 6.35. The van der Waals surface area contributed by atoms with E-state index in [1.165, 1.54) is 4.90 Å². The van der Waals surface area contributed by atoms with Crippen LogP contribution in [0.25, 0.3) is 0 Å². The maximum Gasteiger partial charge on any atom is 0.320 e. The maximum absolute atomic E-state index is 13.1. The number of aldehydes is 1. The molecule has 1 aliphatic heterocycles. The number of carbonyl (C=O) groups excluding carboxylic acids is 3. The molecule has 20 heteroatoms. The van der Waals surface area contributed by atoms with Gasteiger partial charge in [0.05, 0.1) is 47.4 Å². The summed E-state index contributed by atoms with van der Waals surface area (Å²) >= 11 is 6.15. The number of carboxylic acid groups (broad SMARTS) is 4. The monoisotopic (exact) mass is 884 g/mol. The van der Waals surface area contributed by atoms with E-state index in [1.807, 2.05) is 13.8 Å². The summed E-state index contributed by atoms with van der Waals surface area (Å²) in [5.74, 6) is -5.28. The van der Waals surface area contributed by atoms with Gasteiger partial charge in [-0.05, 0) is 52.1 Å². The molecule has 0 bridgehead atoms. The number of ether oxygens (including phenoxy) is 1. The molecule has 0 aromatic rings. The van der Waals surface area contributed by atoms with Crippen LogP contribution in [0, 0.1) is 5.41 Å². The number of rotatable bonds is 20. The molecule has 18 nitrogen and oxygen atoms in total. The number of nitrogens with one attached hydrogen (secondary N) is 1. The largest absolute Gasteiger partial charge is 0.480 e. The second-order valence-electron chi connectivity index (χ2n) is 14.5. The molecule has 1 unspecified atom stereocenters. The molecule has 1 heterocycles. The van der Waals surface area contributed by atoms with E-state index in [0.717, 1.165) is 0 Å². The van der Waals surface area contributed by atoms with Gasteiger partial charge in [-0.2, -0.15) is 0 Å². The topological polar surface area (TPSA) is 238 Å². The molecule has 2 amide bonds. The average Bonchev–Trinajstić information content (AvgIpc) is 3.02. The van der Waals surface area contributed by atoms with Gasteiger partial charge in [0, 0.05) is 77.8 Å². The van der Waals surface area contributed by atoms with Crippen molar-refractivity contribution in [3.63, 3.8) is 0 Å². The summed E-state index contributed by atoms with van der Waals surface area (Å²) in [6.45, 7) is 8.17. The molecule has 1 fully saturated rings. The number of aliphatic carboxylic acids is 4. The number of hydrogen-bond donors (Lipinski definition) is 5. The summed E-state index contributed by atoms with van der Waals surface area (Å²) in [6.07, 6.45) is 0.272. The third kappa shape index (κ3) is 19.8. The molecule has 302 valence electrons. The molecule has 1 aliphatic rings. The van der Waals surface area contributed by atoms with Gasteiger partial charge in [-0.3, -0.25) is 53.2 Å². The predicted octanol–water partition coefficient (Wildman–Crippen LogP) is 0.292. The number of likely N-dealkylation sites (N-methyl/N-ethyl adjacent to an activating group) is 1. The number of allylic oxidation sites excluding steroid dienone is 1. The van der Waals surface area contributed by atoms with E-state index in [2.05, 4.69) is 37.2 Å². The Morgan fingerprint density at radius 3 is 1.60 bits per heavy atom. The Kier molecular flexibility index (Phi) is 20.9. The number of carbonyl (C=O) groups is 7. The Balaban J connectivity index is 2.96. The lowest BCUT2D eigenvalue weighted by Gasteiger charge is -2.35. The van der Waals surface area contributed by atoms with Crippen LogP contribution in [0.4, 0.5) is 0 Å². The van der Waals surface area contributed by atoms with Crippen molar-refractivity contribution < 1.29 is 58.7 Å². The van der Waals surface area contributed by atoms with Crippen LogP contribution in [0.5, 0.6) is 0 Å². The van der Waals surface area contributed by atoms with Gasteiger partial charge >= 0.3 is 23.9 Å². The van der Waals surface area contributed by atoms with Crippen molar-refractivity contribution in [2.75, 3.05) is 98.8 Å². The van der Waals surface area contributed by atoms with E-state index < -0.39 is 52.7 Å². The minimum atomic E-state index is -1.19. The van der Waals surface area contributed by atoms with Gasteiger partial charge in [0.25, 0.3) is 5.91 Å². The third-order valence-corrected chi connectivity index (χ3v) is 10.1. The first-order valence-corrected chi connectivity index (χ1v) is 18.6. The minimum Gasteiger partial charge on any atom is -0.480 e. The number of carboxylic acids is 4. The summed E-state index contributed by atoms with van der Waals surface area (Å²) in [5.41, 5.74) is -1.34. The van der Waals surface area contributed by atoms with Crippen molar-refractivity contribution in [2.45, 2.75) is 52.1 Å². The van der Waals surface area contributed by atoms with E-state index in [4.69, 9.17) is 4.74 Å². The number of nitrogens with zero attached hydrogens (tertiary/aromatic N) is 5. The highest BCUT2D eigenvalue weighted by atomic mass is 79.9. The molecule has 0 spiro atoms. The molecule has 0 radical (unpaired) electrons. The van der Waals surface area contributed by atoms with Crippen molar-refractivity contribution in [3.05, 3.63) is 8.96 Å². The van der Waals surface area contributed by atoms with Crippen molar-refractivity contribution in [3.8, 4) is 0 Å². The molecule has 5 N–H and O–H groups in total. The molecular formula is C33H54Br2N6O12. The van der Waals surface area contributed by atoms with Crippen molar-refractivity contribution in [1.29, 1.82) is 0 Å². The molecule has 1 atom stereocenters. The molecule has 1 rings (SSSR count). The molecule has 0 aromatic carbocycles. The number of halogens is 2. The Bertz CT molecular complexity index is 1300. The fraction of sp³-hybridized carbons (Fsp3) is 0.727. The van der Waals surface area contributed by atoms with Gasteiger partial charge in [0.1, 0.15) is 6.04 Å². The van der Waals surface area contributed by atoms with Crippen LogP contribution in [-0.4, -0.2) is 197 Å². The lowest BCUT2D eigenvalue weighted by molar-refractivity contribution is -0.145. The quantitative estimate of drug-likeness (QED) is 0.0816. The summed E-state index contributed by atoms with van der Waals surface area (Å²) < 4.78 is 6.11. The standard InChI is InChI=1S/C33H54Br2N6O12/c1-32(2,20-37(5)30(50)29(35)23(34)19-42)21-53-22-33(3,4)36-25(43)7-6-24(31(51)52)41-14-12-39(17-27(46)47)10-8-38(16-26(44)45)9-11-40(13-15-41)18-28(48)49/h19,24H,6-18,20-22H2,1-5H3,(H,36,43)(H,44,45)(H,46,47)(H,48,49)(H,51,52)/b29-23-. The van der Waals surface area contributed by atoms with Gasteiger partial charge in [0.15, 0.2) is 6.29 Å². The van der Waals surface area contributed by atoms with Gasteiger partial charge in [-0.25, -0.2) is 0 Å². The first-order chi connectivity index (χ1) is 24.6. The van der Waals surface area contributed by atoms with Gasteiger partial charge in [-0.1, -0.05) is 13.8 Å². The summed E-state index contributed by atoms with van der Waals surface area (Å²) in [4.78, 5) is 91.7. The minimum absolute atomic E-state index is 0.0834. The smallest absolute Gasteiger partial charge is 0.320 e. The Hall–Kier alpha value is -3.01. The normalized spacial score (nSPS) is 17.4. The van der Waals surface area contributed by atoms with E-state index in [-0.39, 0.29) is 107 Å².